The Morgan fingerprint density at radius 2 is 2.10 bits per heavy atom. The number of carboxylic acid groups (broad SMARTS) is 1. The predicted octanol–water partition coefficient (Wildman–Crippen LogP) is 2.67. The largest absolute Gasteiger partial charge is 0.478 e. The maximum absolute atomic E-state index is 10.9. The highest BCUT2D eigenvalue weighted by Gasteiger charge is 2.15. The maximum atomic E-state index is 10.9. The van der Waals surface area contributed by atoms with Gasteiger partial charge in [-0.15, -0.1) is 0 Å². The van der Waals surface area contributed by atoms with Crippen LogP contribution in [0.2, 0.25) is 0 Å². The molecule has 0 aliphatic rings. The molecule has 0 amide bonds. The molecular weight excluding hydrogens is 393 g/mol. The highest BCUT2D eigenvalue weighted by molar-refractivity contribution is 14.1. The maximum Gasteiger partial charge on any atom is 0.335 e. The molecule has 0 radical (unpaired) electrons. The molecule has 0 bridgehead atoms. The first-order chi connectivity index (χ1) is 9.88. The molecule has 0 aliphatic carbocycles. The number of pyridine rings is 1. The summed E-state index contributed by atoms with van der Waals surface area (Å²) in [5.41, 5.74) is 5.20. The van der Waals surface area contributed by atoms with Crippen molar-refractivity contribution in [3.8, 4) is 11.6 Å². The number of benzene rings is 1. The Hall–Kier alpha value is -2.43. The van der Waals surface area contributed by atoms with Crippen LogP contribution >= 0.6 is 22.6 Å². The number of anilines is 1. The van der Waals surface area contributed by atoms with Crippen molar-refractivity contribution in [2.75, 3.05) is 5.73 Å². The number of rotatable bonds is 4. The number of hydrogen-bond donors (Lipinski definition) is 2. The van der Waals surface area contributed by atoms with E-state index in [0.29, 0.717) is 3.57 Å². The fourth-order valence-electron chi connectivity index (χ4n) is 1.49. The molecule has 0 spiro atoms. The summed E-state index contributed by atoms with van der Waals surface area (Å²) in [6, 6.07) is 6.82. The highest BCUT2D eigenvalue weighted by Crippen LogP contribution is 2.29. The van der Waals surface area contributed by atoms with Gasteiger partial charge in [0.2, 0.25) is 11.7 Å². The zero-order valence-electron chi connectivity index (χ0n) is 10.3. The second kappa shape index (κ2) is 5.91. The summed E-state index contributed by atoms with van der Waals surface area (Å²) >= 11 is 1.97. The quantitative estimate of drug-likeness (QED) is 0.458. The molecule has 0 aliphatic heterocycles. The average Bonchev–Trinajstić information content (AvgIpc) is 2.40. The number of nitrogen functional groups attached to an aromatic ring is 1. The molecule has 21 heavy (non-hydrogen) atoms. The number of nitrogens with zero attached hydrogens (tertiary/aromatic N) is 2. The van der Waals surface area contributed by atoms with Crippen molar-refractivity contribution < 1.29 is 19.6 Å². The molecule has 0 saturated heterocycles. The highest BCUT2D eigenvalue weighted by atomic mass is 127. The van der Waals surface area contributed by atoms with Gasteiger partial charge >= 0.3 is 11.7 Å². The van der Waals surface area contributed by atoms with Crippen LogP contribution in [0.1, 0.15) is 10.4 Å². The third kappa shape index (κ3) is 3.37. The molecule has 108 valence electrons. The Balaban J connectivity index is 2.34. The molecule has 0 fully saturated rings. The number of nitrogens with two attached hydrogens (primary N) is 1. The van der Waals surface area contributed by atoms with Gasteiger partial charge in [-0.25, -0.2) is 4.79 Å². The van der Waals surface area contributed by atoms with Gasteiger partial charge in [-0.1, -0.05) is 0 Å². The Labute approximate surface area is 131 Å². The lowest BCUT2D eigenvalue weighted by molar-refractivity contribution is -0.384. The molecule has 3 N–H and O–H groups in total. The van der Waals surface area contributed by atoms with Crippen molar-refractivity contribution in [2.24, 2.45) is 0 Å². The van der Waals surface area contributed by atoms with Crippen molar-refractivity contribution in [3.63, 3.8) is 0 Å². The standard InChI is InChI=1S/C12H8IN3O5/c13-7-2-1-6(12(17)18)5-9(7)21-10-4-3-8(16(19)20)11(14)15-10/h1-5H,(H2,14,15)(H,17,18). The van der Waals surface area contributed by atoms with Crippen LogP contribution in [0.4, 0.5) is 11.5 Å². The first-order valence-corrected chi connectivity index (χ1v) is 6.58. The Kier molecular flexibility index (Phi) is 4.21. The number of aromatic carboxylic acids is 1. The molecule has 9 heteroatoms. The lowest BCUT2D eigenvalue weighted by atomic mass is 10.2. The molecular formula is C12H8IN3O5. The summed E-state index contributed by atoms with van der Waals surface area (Å²) < 4.78 is 6.09. The Morgan fingerprint density at radius 1 is 1.38 bits per heavy atom. The third-order valence-corrected chi connectivity index (χ3v) is 3.36. The summed E-state index contributed by atoms with van der Waals surface area (Å²) in [6.45, 7) is 0. The molecule has 2 aromatic rings. The van der Waals surface area contributed by atoms with E-state index in [1.807, 2.05) is 22.6 Å². The van der Waals surface area contributed by atoms with Gasteiger partial charge in [-0.3, -0.25) is 10.1 Å². The lowest BCUT2D eigenvalue weighted by Gasteiger charge is -2.08. The number of carboxylic acids is 1. The van der Waals surface area contributed by atoms with E-state index in [2.05, 4.69) is 4.98 Å². The second-order valence-electron chi connectivity index (χ2n) is 3.86. The second-order valence-corrected chi connectivity index (χ2v) is 5.03. The minimum Gasteiger partial charge on any atom is -0.478 e. The molecule has 1 heterocycles. The molecule has 1 aromatic carbocycles. The van der Waals surface area contributed by atoms with E-state index in [0.717, 1.165) is 0 Å². The van der Waals surface area contributed by atoms with E-state index in [-0.39, 0.29) is 28.7 Å². The van der Waals surface area contributed by atoms with E-state index in [9.17, 15) is 14.9 Å². The van der Waals surface area contributed by atoms with Crippen LogP contribution in [0, 0.1) is 13.7 Å². The monoisotopic (exact) mass is 401 g/mol. The van der Waals surface area contributed by atoms with Crippen LogP contribution in [0.5, 0.6) is 11.6 Å². The molecule has 0 unspecified atom stereocenters. The zero-order chi connectivity index (χ0) is 15.6. The number of aromatic nitrogens is 1. The summed E-state index contributed by atoms with van der Waals surface area (Å²) in [7, 11) is 0. The Bertz CT molecular complexity index is 735. The summed E-state index contributed by atoms with van der Waals surface area (Å²) in [6.07, 6.45) is 0. The molecule has 8 nitrogen and oxygen atoms in total. The van der Waals surface area contributed by atoms with Gasteiger partial charge < -0.3 is 15.6 Å². The number of nitro groups is 1. The number of halogens is 1. The molecule has 0 saturated carbocycles. The fraction of sp³-hybridized carbons (Fsp3) is 0. The van der Waals surface area contributed by atoms with Crippen LogP contribution < -0.4 is 10.5 Å². The number of carbonyl (C=O) groups is 1. The van der Waals surface area contributed by atoms with Crippen molar-refractivity contribution >= 4 is 40.1 Å². The van der Waals surface area contributed by atoms with E-state index < -0.39 is 10.9 Å². The number of hydrogen-bond acceptors (Lipinski definition) is 6. The third-order valence-electron chi connectivity index (χ3n) is 2.47. The van der Waals surface area contributed by atoms with Crippen LogP contribution in [0.15, 0.2) is 30.3 Å². The Morgan fingerprint density at radius 3 is 2.67 bits per heavy atom. The van der Waals surface area contributed by atoms with E-state index in [1.54, 1.807) is 6.07 Å². The smallest absolute Gasteiger partial charge is 0.335 e. The first kappa shape index (κ1) is 15.0. The summed E-state index contributed by atoms with van der Waals surface area (Å²) in [5.74, 6) is -1.05. The van der Waals surface area contributed by atoms with E-state index in [4.69, 9.17) is 15.6 Å². The van der Waals surface area contributed by atoms with Gasteiger partial charge in [-0.05, 0) is 40.8 Å². The van der Waals surface area contributed by atoms with Gasteiger partial charge in [0.25, 0.3) is 0 Å². The zero-order valence-corrected chi connectivity index (χ0v) is 12.5. The first-order valence-electron chi connectivity index (χ1n) is 5.50. The van der Waals surface area contributed by atoms with Gasteiger partial charge in [0.1, 0.15) is 5.75 Å². The number of ether oxygens (including phenoxy) is 1. The minimum atomic E-state index is -1.09. The van der Waals surface area contributed by atoms with Gasteiger partial charge in [0, 0.05) is 12.1 Å². The SMILES string of the molecule is Nc1nc(Oc2cc(C(=O)O)ccc2I)ccc1[N+](=O)[O-]. The van der Waals surface area contributed by atoms with Gasteiger partial charge in [0.15, 0.2) is 0 Å². The topological polar surface area (TPSA) is 129 Å². The minimum absolute atomic E-state index is 0.0403. The molecule has 1 aromatic heterocycles. The normalized spacial score (nSPS) is 10.1. The van der Waals surface area contributed by atoms with Gasteiger partial charge in [0.05, 0.1) is 14.1 Å². The molecule has 2 rings (SSSR count). The van der Waals surface area contributed by atoms with Crippen LogP contribution in [0.3, 0.4) is 0 Å². The summed E-state index contributed by atoms with van der Waals surface area (Å²) in [5, 5.41) is 19.6. The van der Waals surface area contributed by atoms with Crippen molar-refractivity contribution in [1.82, 2.24) is 4.98 Å². The van der Waals surface area contributed by atoms with Crippen molar-refractivity contribution in [2.45, 2.75) is 0 Å². The average molecular weight is 401 g/mol. The summed E-state index contributed by atoms with van der Waals surface area (Å²) in [4.78, 5) is 24.7. The van der Waals surface area contributed by atoms with Crippen LogP contribution in [-0.2, 0) is 0 Å². The lowest BCUT2D eigenvalue weighted by Crippen LogP contribution is -2.01. The molecule has 0 atom stereocenters. The van der Waals surface area contributed by atoms with Crippen LogP contribution in [0.25, 0.3) is 0 Å². The van der Waals surface area contributed by atoms with Gasteiger partial charge in [-0.2, -0.15) is 4.98 Å². The van der Waals surface area contributed by atoms with Crippen molar-refractivity contribution in [3.05, 3.63) is 49.6 Å². The fourth-order valence-corrected chi connectivity index (χ4v) is 1.93. The van der Waals surface area contributed by atoms with Crippen molar-refractivity contribution in [1.29, 1.82) is 0 Å². The van der Waals surface area contributed by atoms with E-state index >= 15 is 0 Å². The van der Waals surface area contributed by atoms with Crippen LogP contribution in [-0.4, -0.2) is 21.0 Å². The van der Waals surface area contributed by atoms with E-state index in [1.165, 1.54) is 24.3 Å². The predicted molar refractivity (Wildman–Crippen MR) is 81.5 cm³/mol.